The lowest BCUT2D eigenvalue weighted by molar-refractivity contribution is 0.199. The van der Waals surface area contributed by atoms with Crippen LogP contribution < -0.4 is 5.32 Å². The molecule has 6 nitrogen and oxygen atoms in total. The number of benzene rings is 2. The molecule has 1 atom stereocenters. The Morgan fingerprint density at radius 2 is 1.90 bits per heavy atom. The van der Waals surface area contributed by atoms with Crippen molar-refractivity contribution < 1.29 is 13.7 Å². The monoisotopic (exact) mass is 420 g/mol. The molecule has 0 saturated heterocycles. The number of urea groups is 1. The zero-order valence-electron chi connectivity index (χ0n) is 18.0. The molecule has 1 aromatic heterocycles. The Hall–Kier alpha value is -3.48. The molecular weight excluding hydrogens is 395 g/mol. The van der Waals surface area contributed by atoms with Crippen molar-refractivity contribution in [3.05, 3.63) is 77.1 Å². The molecule has 2 heterocycles. The summed E-state index contributed by atoms with van der Waals surface area (Å²) in [5, 5.41) is 7.20. The van der Waals surface area contributed by atoms with Crippen molar-refractivity contribution in [3.63, 3.8) is 0 Å². The predicted molar refractivity (Wildman–Crippen MR) is 116 cm³/mol. The maximum atomic E-state index is 13.5. The Balaban J connectivity index is 1.82. The van der Waals surface area contributed by atoms with Gasteiger partial charge in [0.2, 0.25) is 5.82 Å². The van der Waals surface area contributed by atoms with Crippen LogP contribution in [0.4, 0.5) is 9.18 Å². The minimum absolute atomic E-state index is 0.206. The molecule has 1 aliphatic heterocycles. The number of halogens is 1. The predicted octanol–water partition coefficient (Wildman–Crippen LogP) is 5.34. The van der Waals surface area contributed by atoms with Crippen LogP contribution in [0.5, 0.6) is 0 Å². The molecule has 3 aromatic rings. The topological polar surface area (TPSA) is 71.3 Å². The van der Waals surface area contributed by atoms with Crippen LogP contribution in [0.25, 0.3) is 17.0 Å². The molecule has 1 N–H and O–H groups in total. The number of carbonyl (C=O) groups excluding carboxylic acids is 1. The molecule has 4 rings (SSSR count). The Morgan fingerprint density at radius 3 is 2.58 bits per heavy atom. The van der Waals surface area contributed by atoms with Gasteiger partial charge in [0, 0.05) is 17.8 Å². The lowest BCUT2D eigenvalue weighted by atomic mass is 9.94. The number of aryl methyl sites for hydroxylation is 1. The number of aromatic nitrogens is 2. The van der Waals surface area contributed by atoms with E-state index in [1.807, 2.05) is 38.1 Å². The van der Waals surface area contributed by atoms with Crippen LogP contribution in [0, 0.1) is 18.7 Å². The van der Waals surface area contributed by atoms with Gasteiger partial charge in [-0.3, -0.25) is 4.90 Å². The Morgan fingerprint density at radius 1 is 1.16 bits per heavy atom. The molecule has 0 radical (unpaired) electrons. The van der Waals surface area contributed by atoms with Gasteiger partial charge in [-0.15, -0.1) is 0 Å². The van der Waals surface area contributed by atoms with Gasteiger partial charge >= 0.3 is 6.03 Å². The van der Waals surface area contributed by atoms with E-state index in [0.29, 0.717) is 23.8 Å². The highest BCUT2D eigenvalue weighted by atomic mass is 19.1. The molecule has 0 fully saturated rings. The van der Waals surface area contributed by atoms with Gasteiger partial charge in [0.1, 0.15) is 5.82 Å². The van der Waals surface area contributed by atoms with Crippen molar-refractivity contribution in [2.24, 2.45) is 5.92 Å². The number of rotatable bonds is 5. The Kier molecular flexibility index (Phi) is 5.59. The average molecular weight is 420 g/mol. The van der Waals surface area contributed by atoms with Gasteiger partial charge in [0.25, 0.3) is 5.89 Å². The standard InChI is InChI=1S/C24H25FN4O2/c1-14(2)13-29-16(4)20(21(26-24(29)30)17-8-10-19(25)11-9-17)23-27-22(28-31-23)18-7-5-6-15(3)12-18/h5-12,14,21H,13H2,1-4H3,(H,26,30). The third-order valence-electron chi connectivity index (χ3n) is 5.28. The van der Waals surface area contributed by atoms with Crippen LogP contribution >= 0.6 is 0 Å². The fraction of sp³-hybridized carbons (Fsp3) is 0.292. The smallest absolute Gasteiger partial charge is 0.322 e. The van der Waals surface area contributed by atoms with Gasteiger partial charge in [-0.2, -0.15) is 4.98 Å². The number of hydrogen-bond donors (Lipinski definition) is 1. The van der Waals surface area contributed by atoms with Gasteiger partial charge in [-0.05, 0) is 43.5 Å². The molecule has 31 heavy (non-hydrogen) atoms. The van der Waals surface area contributed by atoms with E-state index < -0.39 is 6.04 Å². The van der Waals surface area contributed by atoms with E-state index in [-0.39, 0.29) is 17.8 Å². The van der Waals surface area contributed by atoms with E-state index in [1.54, 1.807) is 17.0 Å². The lowest BCUT2D eigenvalue weighted by Crippen LogP contribution is -2.47. The normalized spacial score (nSPS) is 16.8. The van der Waals surface area contributed by atoms with Gasteiger partial charge in [0.05, 0.1) is 11.6 Å². The Bertz CT molecular complexity index is 1130. The third-order valence-corrected chi connectivity index (χ3v) is 5.28. The second-order valence-corrected chi connectivity index (χ2v) is 8.23. The zero-order chi connectivity index (χ0) is 22.1. The summed E-state index contributed by atoms with van der Waals surface area (Å²) >= 11 is 0. The highest BCUT2D eigenvalue weighted by Gasteiger charge is 2.35. The number of carbonyl (C=O) groups is 1. The highest BCUT2D eigenvalue weighted by Crippen LogP contribution is 2.37. The number of amides is 2. The second-order valence-electron chi connectivity index (χ2n) is 8.23. The summed E-state index contributed by atoms with van der Waals surface area (Å²) in [6, 6.07) is 13.2. The first-order chi connectivity index (χ1) is 14.8. The summed E-state index contributed by atoms with van der Waals surface area (Å²) in [6.07, 6.45) is 0. The number of nitrogens with zero attached hydrogens (tertiary/aromatic N) is 3. The van der Waals surface area contributed by atoms with Crippen molar-refractivity contribution in [2.45, 2.75) is 33.7 Å². The van der Waals surface area contributed by atoms with E-state index in [0.717, 1.165) is 22.4 Å². The third kappa shape index (κ3) is 4.21. The summed E-state index contributed by atoms with van der Waals surface area (Å²) < 4.78 is 19.2. The van der Waals surface area contributed by atoms with Crippen molar-refractivity contribution in [1.29, 1.82) is 0 Å². The summed E-state index contributed by atoms with van der Waals surface area (Å²) in [4.78, 5) is 19.2. The van der Waals surface area contributed by atoms with Crippen LogP contribution in [0.3, 0.4) is 0 Å². The van der Waals surface area contributed by atoms with E-state index >= 15 is 0 Å². The number of nitrogens with one attached hydrogen (secondary N) is 1. The maximum Gasteiger partial charge on any atom is 0.322 e. The first-order valence-corrected chi connectivity index (χ1v) is 10.3. The molecule has 0 spiro atoms. The maximum absolute atomic E-state index is 13.5. The highest BCUT2D eigenvalue weighted by molar-refractivity contribution is 5.86. The molecule has 1 unspecified atom stereocenters. The van der Waals surface area contributed by atoms with E-state index in [9.17, 15) is 9.18 Å². The summed E-state index contributed by atoms with van der Waals surface area (Å²) in [7, 11) is 0. The molecule has 7 heteroatoms. The fourth-order valence-electron chi connectivity index (χ4n) is 3.78. The SMILES string of the molecule is CC1=C(c2nc(-c3cccc(C)c3)no2)C(c2ccc(F)cc2)NC(=O)N1CC(C)C. The summed E-state index contributed by atoms with van der Waals surface area (Å²) in [5.41, 5.74) is 4.13. The first kappa shape index (κ1) is 20.8. The van der Waals surface area contributed by atoms with Crippen molar-refractivity contribution >= 4 is 11.6 Å². The van der Waals surface area contributed by atoms with Crippen LogP contribution in [0.1, 0.15) is 43.8 Å². The average Bonchev–Trinajstić information content (AvgIpc) is 3.21. The van der Waals surface area contributed by atoms with E-state index in [1.165, 1.54) is 12.1 Å². The summed E-state index contributed by atoms with van der Waals surface area (Å²) in [5.74, 6) is 0.741. The number of hydrogen-bond acceptors (Lipinski definition) is 4. The largest absolute Gasteiger partial charge is 0.334 e. The minimum Gasteiger partial charge on any atom is -0.334 e. The lowest BCUT2D eigenvalue weighted by Gasteiger charge is -2.36. The van der Waals surface area contributed by atoms with Gasteiger partial charge in [0.15, 0.2) is 0 Å². The van der Waals surface area contributed by atoms with Crippen molar-refractivity contribution in [2.75, 3.05) is 6.54 Å². The quantitative estimate of drug-likeness (QED) is 0.605. The van der Waals surface area contributed by atoms with Crippen LogP contribution in [-0.2, 0) is 0 Å². The zero-order valence-corrected chi connectivity index (χ0v) is 18.0. The van der Waals surface area contributed by atoms with E-state index in [2.05, 4.69) is 29.3 Å². The Labute approximate surface area is 180 Å². The van der Waals surface area contributed by atoms with Crippen LogP contribution in [-0.4, -0.2) is 27.6 Å². The minimum atomic E-state index is -0.526. The van der Waals surface area contributed by atoms with Crippen molar-refractivity contribution in [3.8, 4) is 11.4 Å². The first-order valence-electron chi connectivity index (χ1n) is 10.3. The molecule has 0 bridgehead atoms. The van der Waals surface area contributed by atoms with Gasteiger partial charge in [-0.25, -0.2) is 9.18 Å². The fourth-order valence-corrected chi connectivity index (χ4v) is 3.78. The van der Waals surface area contributed by atoms with E-state index in [4.69, 9.17) is 4.52 Å². The second kappa shape index (κ2) is 8.34. The molecule has 2 amide bonds. The number of allylic oxidation sites excluding steroid dienone is 1. The van der Waals surface area contributed by atoms with Gasteiger partial charge in [-0.1, -0.05) is 54.9 Å². The molecule has 0 aliphatic carbocycles. The van der Waals surface area contributed by atoms with Crippen LogP contribution in [0.2, 0.25) is 0 Å². The van der Waals surface area contributed by atoms with Gasteiger partial charge < -0.3 is 9.84 Å². The molecule has 1 aliphatic rings. The molecule has 160 valence electrons. The van der Waals surface area contributed by atoms with Crippen LogP contribution in [0.15, 0.2) is 58.8 Å². The summed E-state index contributed by atoms with van der Waals surface area (Å²) in [6.45, 7) is 8.53. The molecular formula is C24H25FN4O2. The van der Waals surface area contributed by atoms with Crippen molar-refractivity contribution in [1.82, 2.24) is 20.4 Å². The molecule has 0 saturated carbocycles. The molecule has 2 aromatic carbocycles.